The van der Waals surface area contributed by atoms with Crippen LogP contribution in [0.5, 0.6) is 0 Å². The molecule has 0 saturated carbocycles. The fraction of sp³-hybridized carbons (Fsp3) is 0.500. The number of nitrogens with zero attached hydrogens (tertiary/aromatic N) is 1. The summed E-state index contributed by atoms with van der Waals surface area (Å²) in [5.74, 6) is 0.199. The summed E-state index contributed by atoms with van der Waals surface area (Å²) in [5.41, 5.74) is 6.79. The van der Waals surface area contributed by atoms with Gasteiger partial charge < -0.3 is 15.4 Å². The van der Waals surface area contributed by atoms with Crippen molar-refractivity contribution in [2.75, 3.05) is 32.5 Å². The van der Waals surface area contributed by atoms with Gasteiger partial charge >= 0.3 is 5.97 Å². The lowest BCUT2D eigenvalue weighted by Gasteiger charge is -2.29. The lowest BCUT2D eigenvalue weighted by molar-refractivity contribution is 0.0372. The molecule has 2 rings (SSSR count). The van der Waals surface area contributed by atoms with E-state index in [9.17, 15) is 4.79 Å². The Hall–Kier alpha value is -1.55. The van der Waals surface area contributed by atoms with Gasteiger partial charge in [-0.2, -0.15) is 0 Å². The number of carbonyl (C=O) groups excluding carboxylic acids is 1. The zero-order valence-corrected chi connectivity index (χ0v) is 10.8. The lowest BCUT2D eigenvalue weighted by Crippen LogP contribution is -2.34. The molecule has 18 heavy (non-hydrogen) atoms. The Bertz CT molecular complexity index is 403. The van der Waals surface area contributed by atoms with Gasteiger partial charge in [-0.3, -0.25) is 0 Å². The van der Waals surface area contributed by atoms with Crippen molar-refractivity contribution in [2.24, 2.45) is 5.92 Å². The van der Waals surface area contributed by atoms with E-state index in [4.69, 9.17) is 10.5 Å². The Kier molecular flexibility index (Phi) is 4.20. The first kappa shape index (κ1) is 12.9. The average Bonchev–Trinajstić information content (AvgIpc) is 2.37. The van der Waals surface area contributed by atoms with E-state index in [1.807, 2.05) is 0 Å². The second-order valence-corrected chi connectivity index (χ2v) is 4.99. The Morgan fingerprint density at radius 1 is 1.44 bits per heavy atom. The lowest BCUT2D eigenvalue weighted by atomic mass is 9.99. The minimum absolute atomic E-state index is 0.261. The number of esters is 1. The second kappa shape index (κ2) is 5.87. The molecule has 0 aliphatic carbocycles. The van der Waals surface area contributed by atoms with E-state index in [-0.39, 0.29) is 5.97 Å². The predicted octanol–water partition coefficient (Wildman–Crippen LogP) is 1.77. The first-order chi connectivity index (χ1) is 8.65. The van der Waals surface area contributed by atoms with Gasteiger partial charge in [-0.1, -0.05) is 0 Å². The van der Waals surface area contributed by atoms with Gasteiger partial charge in [0.25, 0.3) is 0 Å². The molecule has 98 valence electrons. The van der Waals surface area contributed by atoms with Crippen molar-refractivity contribution in [3.63, 3.8) is 0 Å². The maximum Gasteiger partial charge on any atom is 0.338 e. The zero-order chi connectivity index (χ0) is 13.0. The molecule has 1 aromatic rings. The minimum atomic E-state index is -0.261. The molecule has 0 amide bonds. The third kappa shape index (κ3) is 3.47. The van der Waals surface area contributed by atoms with Gasteiger partial charge in [0.1, 0.15) is 0 Å². The molecule has 1 fully saturated rings. The van der Waals surface area contributed by atoms with Crippen LogP contribution in [0.3, 0.4) is 0 Å². The van der Waals surface area contributed by atoms with Crippen molar-refractivity contribution in [2.45, 2.75) is 12.8 Å². The molecule has 1 atom stereocenters. The molecule has 0 bridgehead atoms. The highest BCUT2D eigenvalue weighted by Gasteiger charge is 2.19. The topological polar surface area (TPSA) is 55.6 Å². The third-order valence-electron chi connectivity index (χ3n) is 3.32. The Morgan fingerprint density at radius 3 is 2.83 bits per heavy atom. The van der Waals surface area contributed by atoms with Gasteiger partial charge in [0.05, 0.1) is 12.2 Å². The van der Waals surface area contributed by atoms with Crippen molar-refractivity contribution in [1.29, 1.82) is 0 Å². The number of ether oxygens (including phenoxy) is 1. The predicted molar refractivity (Wildman–Crippen MR) is 71.4 cm³/mol. The fourth-order valence-electron chi connectivity index (χ4n) is 2.31. The van der Waals surface area contributed by atoms with E-state index >= 15 is 0 Å². The summed E-state index contributed by atoms with van der Waals surface area (Å²) in [7, 11) is 2.11. The molecule has 0 spiro atoms. The highest BCUT2D eigenvalue weighted by Crippen LogP contribution is 2.16. The van der Waals surface area contributed by atoms with Gasteiger partial charge in [-0.25, -0.2) is 4.79 Å². The van der Waals surface area contributed by atoms with Crippen LogP contribution in [0.15, 0.2) is 24.3 Å². The Balaban J connectivity index is 1.82. The zero-order valence-electron chi connectivity index (χ0n) is 10.8. The fourth-order valence-corrected chi connectivity index (χ4v) is 2.31. The van der Waals surface area contributed by atoms with E-state index in [0.29, 0.717) is 23.8 Å². The van der Waals surface area contributed by atoms with Crippen LogP contribution in [0.2, 0.25) is 0 Å². The maximum atomic E-state index is 11.8. The van der Waals surface area contributed by atoms with Gasteiger partial charge in [-0.05, 0) is 50.7 Å². The number of nitrogens with two attached hydrogens (primary N) is 1. The molecule has 1 aromatic carbocycles. The van der Waals surface area contributed by atoms with Crippen molar-refractivity contribution in [3.8, 4) is 0 Å². The van der Waals surface area contributed by atoms with Crippen LogP contribution in [-0.4, -0.2) is 37.6 Å². The third-order valence-corrected chi connectivity index (χ3v) is 3.32. The van der Waals surface area contributed by atoms with Crippen LogP contribution in [0.1, 0.15) is 23.2 Å². The number of rotatable bonds is 3. The van der Waals surface area contributed by atoms with E-state index in [0.717, 1.165) is 19.5 Å². The van der Waals surface area contributed by atoms with Crippen LogP contribution in [0, 0.1) is 5.92 Å². The number of carbonyl (C=O) groups is 1. The van der Waals surface area contributed by atoms with Gasteiger partial charge in [0.2, 0.25) is 0 Å². The minimum Gasteiger partial charge on any atom is -0.462 e. The first-order valence-corrected chi connectivity index (χ1v) is 6.36. The number of anilines is 1. The van der Waals surface area contributed by atoms with Crippen molar-refractivity contribution in [3.05, 3.63) is 29.8 Å². The second-order valence-electron chi connectivity index (χ2n) is 4.99. The largest absolute Gasteiger partial charge is 0.462 e. The smallest absolute Gasteiger partial charge is 0.338 e. The molecule has 0 aromatic heterocycles. The monoisotopic (exact) mass is 248 g/mol. The number of benzene rings is 1. The molecule has 1 aliphatic rings. The van der Waals surface area contributed by atoms with Crippen molar-refractivity contribution in [1.82, 2.24) is 4.90 Å². The molecule has 1 aliphatic heterocycles. The Labute approximate surface area is 108 Å². The van der Waals surface area contributed by atoms with Crippen LogP contribution >= 0.6 is 0 Å². The first-order valence-electron chi connectivity index (χ1n) is 6.36. The summed E-state index contributed by atoms with van der Waals surface area (Å²) in [5, 5.41) is 0. The highest BCUT2D eigenvalue weighted by atomic mass is 16.5. The van der Waals surface area contributed by atoms with Gasteiger partial charge in [0.15, 0.2) is 0 Å². The molecule has 0 radical (unpaired) electrons. The number of hydrogen-bond donors (Lipinski definition) is 1. The summed E-state index contributed by atoms with van der Waals surface area (Å²) >= 11 is 0. The molecule has 4 nitrogen and oxygen atoms in total. The van der Waals surface area contributed by atoms with E-state index in [1.54, 1.807) is 24.3 Å². The molecular weight excluding hydrogens is 228 g/mol. The summed E-state index contributed by atoms with van der Waals surface area (Å²) in [6.45, 7) is 2.66. The molecular formula is C14H20N2O2. The quantitative estimate of drug-likeness (QED) is 0.654. The maximum absolute atomic E-state index is 11.8. The van der Waals surface area contributed by atoms with Crippen LogP contribution < -0.4 is 5.73 Å². The van der Waals surface area contributed by atoms with Crippen molar-refractivity contribution >= 4 is 11.7 Å². The molecule has 1 saturated heterocycles. The van der Waals surface area contributed by atoms with Crippen LogP contribution in [-0.2, 0) is 4.74 Å². The van der Waals surface area contributed by atoms with Crippen LogP contribution in [0.25, 0.3) is 0 Å². The summed E-state index contributed by atoms with van der Waals surface area (Å²) in [4.78, 5) is 14.1. The summed E-state index contributed by atoms with van der Waals surface area (Å²) in [6.07, 6.45) is 2.32. The molecule has 2 N–H and O–H groups in total. The van der Waals surface area contributed by atoms with E-state index in [2.05, 4.69) is 11.9 Å². The van der Waals surface area contributed by atoms with Gasteiger partial charge in [0, 0.05) is 18.2 Å². The molecule has 1 unspecified atom stereocenters. The average molecular weight is 248 g/mol. The summed E-state index contributed by atoms with van der Waals surface area (Å²) < 4.78 is 5.35. The number of likely N-dealkylation sites (tertiary alicyclic amines) is 1. The molecule has 4 heteroatoms. The highest BCUT2D eigenvalue weighted by molar-refractivity contribution is 5.89. The summed E-state index contributed by atoms with van der Waals surface area (Å²) in [6, 6.07) is 6.82. The molecule has 1 heterocycles. The van der Waals surface area contributed by atoms with Crippen LogP contribution in [0.4, 0.5) is 5.69 Å². The van der Waals surface area contributed by atoms with E-state index < -0.39 is 0 Å². The Morgan fingerprint density at radius 2 is 2.17 bits per heavy atom. The van der Waals surface area contributed by atoms with Gasteiger partial charge in [-0.15, -0.1) is 0 Å². The number of piperidine rings is 1. The SMILES string of the molecule is CN1CCCC(COC(=O)c2ccc(N)cc2)C1. The number of nitrogen functional groups attached to an aromatic ring is 1. The van der Waals surface area contributed by atoms with E-state index in [1.165, 1.54) is 6.42 Å². The standard InChI is InChI=1S/C14H20N2O2/c1-16-8-2-3-11(9-16)10-18-14(17)12-4-6-13(15)7-5-12/h4-7,11H,2-3,8-10,15H2,1H3. The normalized spacial score (nSPS) is 20.6. The van der Waals surface area contributed by atoms with Crippen molar-refractivity contribution < 1.29 is 9.53 Å². The number of hydrogen-bond acceptors (Lipinski definition) is 4.